The van der Waals surface area contributed by atoms with Gasteiger partial charge in [0.1, 0.15) is 6.61 Å². The molecule has 0 saturated carbocycles. The van der Waals surface area contributed by atoms with Crippen LogP contribution in [0.1, 0.15) is 39.1 Å². The van der Waals surface area contributed by atoms with Crippen molar-refractivity contribution in [2.75, 3.05) is 13.1 Å². The minimum absolute atomic E-state index is 0.0629. The third-order valence-corrected chi connectivity index (χ3v) is 4.80. The van der Waals surface area contributed by atoms with Gasteiger partial charge in [-0.2, -0.15) is 0 Å². The number of likely N-dealkylation sites (tertiary alicyclic amines) is 1. The predicted octanol–water partition coefficient (Wildman–Crippen LogP) is 3.93. The van der Waals surface area contributed by atoms with Crippen molar-refractivity contribution >= 4 is 11.9 Å². The van der Waals surface area contributed by atoms with Crippen LogP contribution in [-0.2, 0) is 11.3 Å². The summed E-state index contributed by atoms with van der Waals surface area (Å²) < 4.78 is 10.6. The molecule has 0 radical (unpaired) electrons. The summed E-state index contributed by atoms with van der Waals surface area (Å²) in [5.74, 6) is 0.303. The van der Waals surface area contributed by atoms with Crippen molar-refractivity contribution in [2.24, 2.45) is 0 Å². The van der Waals surface area contributed by atoms with Gasteiger partial charge in [0.2, 0.25) is 0 Å². The van der Waals surface area contributed by atoms with Crippen LogP contribution in [0.4, 0.5) is 0 Å². The first-order chi connectivity index (χ1) is 13.7. The summed E-state index contributed by atoms with van der Waals surface area (Å²) in [4.78, 5) is 30.3. The molecule has 1 fully saturated rings. The average Bonchev–Trinajstić information content (AvgIpc) is 3.46. The average molecular weight is 376 g/mol. The number of carbonyl (C=O) groups is 2. The predicted molar refractivity (Wildman–Crippen MR) is 103 cm³/mol. The van der Waals surface area contributed by atoms with Crippen molar-refractivity contribution in [3.8, 4) is 11.3 Å². The normalized spacial score (nSPS) is 13.5. The summed E-state index contributed by atoms with van der Waals surface area (Å²) >= 11 is 0. The van der Waals surface area contributed by atoms with Crippen molar-refractivity contribution in [2.45, 2.75) is 19.4 Å². The molecular weight excluding hydrogens is 356 g/mol. The van der Waals surface area contributed by atoms with E-state index in [2.05, 4.69) is 4.98 Å². The third kappa shape index (κ3) is 3.96. The maximum absolute atomic E-state index is 12.4. The molecule has 1 saturated heterocycles. The molecule has 0 N–H and O–H groups in total. The third-order valence-electron chi connectivity index (χ3n) is 4.80. The van der Waals surface area contributed by atoms with Crippen molar-refractivity contribution in [1.29, 1.82) is 0 Å². The smallest absolute Gasteiger partial charge is 0.338 e. The van der Waals surface area contributed by atoms with Gasteiger partial charge in [0, 0.05) is 24.2 Å². The topological polar surface area (TPSA) is 72.6 Å². The van der Waals surface area contributed by atoms with E-state index in [4.69, 9.17) is 9.15 Å². The zero-order chi connectivity index (χ0) is 19.3. The highest BCUT2D eigenvalue weighted by Crippen LogP contribution is 2.19. The van der Waals surface area contributed by atoms with Gasteiger partial charge in [0.15, 0.2) is 12.2 Å². The van der Waals surface area contributed by atoms with E-state index in [1.165, 1.54) is 6.39 Å². The Balaban J connectivity index is 1.33. The lowest BCUT2D eigenvalue weighted by molar-refractivity contribution is 0.0472. The largest absolute Gasteiger partial charge is 0.457 e. The van der Waals surface area contributed by atoms with Crippen LogP contribution in [0, 0.1) is 0 Å². The van der Waals surface area contributed by atoms with Gasteiger partial charge < -0.3 is 14.1 Å². The van der Waals surface area contributed by atoms with E-state index in [9.17, 15) is 9.59 Å². The highest BCUT2D eigenvalue weighted by atomic mass is 16.5. The van der Waals surface area contributed by atoms with E-state index >= 15 is 0 Å². The lowest BCUT2D eigenvalue weighted by atomic mass is 10.1. The van der Waals surface area contributed by atoms with Gasteiger partial charge in [-0.1, -0.05) is 24.3 Å². The molecule has 0 atom stereocenters. The first-order valence-electron chi connectivity index (χ1n) is 9.25. The Morgan fingerprint density at radius 1 is 0.964 bits per heavy atom. The number of hydrogen-bond acceptors (Lipinski definition) is 5. The quantitative estimate of drug-likeness (QED) is 0.631. The molecule has 1 amide bonds. The SMILES string of the molecule is O=C(OCc1ccc(C(=O)N2CCCC2)cc1)c1ccc(-c2cnco2)cc1. The van der Waals surface area contributed by atoms with Crippen molar-refractivity contribution in [3.05, 3.63) is 77.8 Å². The van der Waals surface area contributed by atoms with Crippen LogP contribution in [0.3, 0.4) is 0 Å². The summed E-state index contributed by atoms with van der Waals surface area (Å²) in [6, 6.07) is 14.2. The lowest BCUT2D eigenvalue weighted by Crippen LogP contribution is -2.27. The fourth-order valence-electron chi connectivity index (χ4n) is 3.21. The molecule has 0 spiro atoms. The number of aromatic nitrogens is 1. The highest BCUT2D eigenvalue weighted by Gasteiger charge is 2.19. The Kier molecular flexibility index (Phi) is 5.19. The van der Waals surface area contributed by atoms with Crippen LogP contribution in [-0.4, -0.2) is 34.8 Å². The van der Waals surface area contributed by atoms with Crippen LogP contribution in [0.2, 0.25) is 0 Å². The second kappa shape index (κ2) is 8.08. The Bertz CT molecular complexity index is 941. The van der Waals surface area contributed by atoms with Gasteiger partial charge in [-0.25, -0.2) is 9.78 Å². The highest BCUT2D eigenvalue weighted by molar-refractivity contribution is 5.94. The molecular formula is C22H20N2O4. The van der Waals surface area contributed by atoms with Crippen molar-refractivity contribution in [3.63, 3.8) is 0 Å². The van der Waals surface area contributed by atoms with Crippen LogP contribution < -0.4 is 0 Å². The number of esters is 1. The second-order valence-corrected chi connectivity index (χ2v) is 6.72. The summed E-state index contributed by atoms with van der Waals surface area (Å²) in [6.45, 7) is 1.81. The maximum Gasteiger partial charge on any atom is 0.338 e. The summed E-state index contributed by atoms with van der Waals surface area (Å²) in [5, 5.41) is 0. The molecule has 0 bridgehead atoms. The Labute approximate surface area is 162 Å². The molecule has 1 aromatic heterocycles. The molecule has 6 heteroatoms. The number of amides is 1. The zero-order valence-electron chi connectivity index (χ0n) is 15.3. The van der Waals surface area contributed by atoms with Crippen LogP contribution in [0.25, 0.3) is 11.3 Å². The van der Waals surface area contributed by atoms with E-state index in [1.807, 2.05) is 17.0 Å². The van der Waals surface area contributed by atoms with E-state index in [-0.39, 0.29) is 12.5 Å². The second-order valence-electron chi connectivity index (χ2n) is 6.72. The molecule has 3 aromatic rings. The van der Waals surface area contributed by atoms with E-state index in [0.717, 1.165) is 37.1 Å². The van der Waals surface area contributed by atoms with Gasteiger partial charge in [-0.15, -0.1) is 0 Å². The first-order valence-corrected chi connectivity index (χ1v) is 9.25. The van der Waals surface area contributed by atoms with E-state index < -0.39 is 5.97 Å². The zero-order valence-corrected chi connectivity index (χ0v) is 15.3. The van der Waals surface area contributed by atoms with Crippen molar-refractivity contribution in [1.82, 2.24) is 9.88 Å². The number of nitrogens with zero attached hydrogens (tertiary/aromatic N) is 2. The van der Waals surface area contributed by atoms with E-state index in [1.54, 1.807) is 42.6 Å². The minimum Gasteiger partial charge on any atom is -0.457 e. The summed E-state index contributed by atoms with van der Waals surface area (Å²) in [5.41, 5.74) is 2.81. The molecule has 0 unspecified atom stereocenters. The van der Waals surface area contributed by atoms with E-state index in [0.29, 0.717) is 16.9 Å². The fraction of sp³-hybridized carbons (Fsp3) is 0.227. The van der Waals surface area contributed by atoms with Crippen molar-refractivity contribution < 1.29 is 18.7 Å². The summed E-state index contributed by atoms with van der Waals surface area (Å²) in [7, 11) is 0. The van der Waals surface area contributed by atoms with Gasteiger partial charge in [0.05, 0.1) is 11.8 Å². The molecule has 2 aromatic carbocycles. The number of carbonyl (C=O) groups excluding carboxylic acids is 2. The first kappa shape index (κ1) is 18.0. The fourth-order valence-corrected chi connectivity index (χ4v) is 3.21. The molecule has 1 aliphatic rings. The Morgan fingerprint density at radius 3 is 2.29 bits per heavy atom. The Hall–Kier alpha value is -3.41. The molecule has 2 heterocycles. The van der Waals surface area contributed by atoms with Gasteiger partial charge in [-0.3, -0.25) is 4.79 Å². The maximum atomic E-state index is 12.4. The lowest BCUT2D eigenvalue weighted by Gasteiger charge is -2.15. The minimum atomic E-state index is -0.402. The number of oxazole rings is 1. The van der Waals surface area contributed by atoms with Gasteiger partial charge in [0.25, 0.3) is 5.91 Å². The molecule has 1 aliphatic heterocycles. The summed E-state index contributed by atoms with van der Waals surface area (Å²) in [6.07, 6.45) is 5.12. The number of ether oxygens (including phenoxy) is 1. The standard InChI is InChI=1S/C22H20N2O4/c25-21(24-11-1-2-12-24)18-5-3-16(4-6-18)14-27-22(26)19-9-7-17(8-10-19)20-13-23-15-28-20/h3-10,13,15H,1-2,11-12,14H2. The number of benzene rings is 2. The van der Waals surface area contributed by atoms with Gasteiger partial charge in [-0.05, 0) is 42.7 Å². The molecule has 142 valence electrons. The van der Waals surface area contributed by atoms with Crippen LogP contribution >= 0.6 is 0 Å². The van der Waals surface area contributed by atoms with Crippen LogP contribution in [0.15, 0.2) is 65.5 Å². The molecule has 0 aliphatic carbocycles. The molecule has 6 nitrogen and oxygen atoms in total. The Morgan fingerprint density at radius 2 is 1.64 bits per heavy atom. The number of hydrogen-bond donors (Lipinski definition) is 0. The number of rotatable bonds is 5. The molecule has 28 heavy (non-hydrogen) atoms. The molecule has 4 rings (SSSR count). The monoisotopic (exact) mass is 376 g/mol. The van der Waals surface area contributed by atoms with Gasteiger partial charge >= 0.3 is 5.97 Å². The van der Waals surface area contributed by atoms with Crippen LogP contribution in [0.5, 0.6) is 0 Å².